The first-order chi connectivity index (χ1) is 8.68. The van der Waals surface area contributed by atoms with Crippen molar-refractivity contribution in [3.8, 4) is 0 Å². The fourth-order valence-corrected chi connectivity index (χ4v) is 1.19. The summed E-state index contributed by atoms with van der Waals surface area (Å²) >= 11 is 0. The number of aliphatic carboxylic acids is 1. The molecule has 0 aliphatic heterocycles. The van der Waals surface area contributed by atoms with Gasteiger partial charge in [0.2, 0.25) is 0 Å². The van der Waals surface area contributed by atoms with E-state index in [-0.39, 0.29) is 25.8 Å². The first kappa shape index (κ1) is 14.0. The minimum absolute atomic E-state index is 0.165. The van der Waals surface area contributed by atoms with Crippen LogP contribution in [-0.2, 0) is 16.0 Å². The topological polar surface area (TPSA) is 116 Å². The van der Waals surface area contributed by atoms with Crippen molar-refractivity contribution in [2.24, 2.45) is 0 Å². The van der Waals surface area contributed by atoms with Gasteiger partial charge in [0.15, 0.2) is 0 Å². The molecule has 0 saturated heterocycles. The molecule has 0 atom stereocenters. The molecule has 0 aliphatic carbocycles. The second kappa shape index (κ2) is 8.07. The molecule has 1 aromatic rings. The number of amides is 2. The van der Waals surface area contributed by atoms with E-state index in [9.17, 15) is 9.59 Å². The number of hydrogen-bond donors (Lipinski definition) is 4. The van der Waals surface area contributed by atoms with Crippen LogP contribution in [0.2, 0.25) is 0 Å². The minimum atomic E-state index is -1.03. The zero-order valence-electron chi connectivity index (χ0n) is 9.81. The predicted molar refractivity (Wildman–Crippen MR) is 62.1 cm³/mol. The molecule has 0 spiro atoms. The van der Waals surface area contributed by atoms with E-state index in [4.69, 9.17) is 9.84 Å². The van der Waals surface area contributed by atoms with Gasteiger partial charge in [-0.3, -0.25) is 0 Å². The number of imidazole rings is 1. The maximum atomic E-state index is 11.2. The average Bonchev–Trinajstić information content (AvgIpc) is 2.81. The number of nitrogens with one attached hydrogen (secondary N) is 3. The van der Waals surface area contributed by atoms with Gasteiger partial charge < -0.3 is 25.5 Å². The zero-order valence-corrected chi connectivity index (χ0v) is 9.81. The van der Waals surface area contributed by atoms with E-state index in [2.05, 4.69) is 20.6 Å². The molecule has 18 heavy (non-hydrogen) atoms. The molecule has 0 aromatic carbocycles. The van der Waals surface area contributed by atoms with Crippen LogP contribution < -0.4 is 10.6 Å². The molecule has 1 heterocycles. The number of H-pyrrole nitrogens is 1. The Hall–Kier alpha value is -2.09. The minimum Gasteiger partial charge on any atom is -0.480 e. The summed E-state index contributed by atoms with van der Waals surface area (Å²) in [4.78, 5) is 28.3. The Labute approximate surface area is 104 Å². The van der Waals surface area contributed by atoms with Gasteiger partial charge in [-0.15, -0.1) is 0 Å². The number of carbonyl (C=O) groups excluding carboxylic acids is 1. The molecule has 0 unspecified atom stereocenters. The molecule has 1 rings (SSSR count). The zero-order chi connectivity index (χ0) is 13.2. The number of aromatic nitrogens is 2. The Morgan fingerprint density at radius 1 is 1.39 bits per heavy atom. The number of aromatic amines is 1. The van der Waals surface area contributed by atoms with Crippen LogP contribution >= 0.6 is 0 Å². The van der Waals surface area contributed by atoms with E-state index in [1.807, 2.05) is 0 Å². The highest BCUT2D eigenvalue weighted by atomic mass is 16.5. The fraction of sp³-hybridized carbons (Fsp3) is 0.500. The summed E-state index contributed by atoms with van der Waals surface area (Å²) in [7, 11) is 0. The lowest BCUT2D eigenvalue weighted by molar-refractivity contribution is -0.142. The number of carboxylic acid groups (broad SMARTS) is 1. The Morgan fingerprint density at radius 3 is 2.83 bits per heavy atom. The number of carboxylic acids is 1. The third-order valence-electron chi connectivity index (χ3n) is 1.96. The number of ether oxygens (including phenoxy) is 1. The summed E-state index contributed by atoms with van der Waals surface area (Å²) in [6.45, 7) is 0.537. The Balaban J connectivity index is 1.95. The first-order valence-electron chi connectivity index (χ1n) is 5.48. The molecule has 0 aliphatic rings. The molecule has 1 aromatic heterocycles. The normalized spacial score (nSPS) is 10.0. The lowest BCUT2D eigenvalue weighted by atomic mass is 10.4. The summed E-state index contributed by atoms with van der Waals surface area (Å²) < 4.78 is 4.75. The highest BCUT2D eigenvalue weighted by molar-refractivity contribution is 5.73. The molecule has 100 valence electrons. The summed E-state index contributed by atoms with van der Waals surface area (Å²) in [5.74, 6) is -0.224. The Kier molecular flexibility index (Phi) is 6.26. The largest absolute Gasteiger partial charge is 0.480 e. The smallest absolute Gasteiger partial charge is 0.329 e. The predicted octanol–water partition coefficient (Wildman–Crippen LogP) is -0.647. The number of urea groups is 1. The van der Waals surface area contributed by atoms with E-state index in [0.29, 0.717) is 13.0 Å². The van der Waals surface area contributed by atoms with Gasteiger partial charge >= 0.3 is 12.0 Å². The molecule has 0 saturated carbocycles. The molecule has 0 fully saturated rings. The molecule has 0 radical (unpaired) electrons. The molecular weight excluding hydrogens is 240 g/mol. The van der Waals surface area contributed by atoms with Crippen molar-refractivity contribution in [2.75, 3.05) is 26.3 Å². The summed E-state index contributed by atoms with van der Waals surface area (Å²) in [5, 5.41) is 13.5. The summed E-state index contributed by atoms with van der Waals surface area (Å²) in [5.41, 5.74) is 0. The van der Waals surface area contributed by atoms with Crippen LogP contribution in [0.4, 0.5) is 4.79 Å². The summed E-state index contributed by atoms with van der Waals surface area (Å²) in [6, 6.07) is -0.319. The summed E-state index contributed by atoms with van der Waals surface area (Å²) in [6.07, 6.45) is 3.99. The van der Waals surface area contributed by atoms with Crippen molar-refractivity contribution >= 4 is 12.0 Å². The van der Waals surface area contributed by atoms with Gasteiger partial charge in [-0.05, 0) is 0 Å². The first-order valence-corrected chi connectivity index (χ1v) is 5.48. The lowest BCUT2D eigenvalue weighted by Gasteiger charge is -2.06. The van der Waals surface area contributed by atoms with Crippen molar-refractivity contribution in [3.63, 3.8) is 0 Å². The highest BCUT2D eigenvalue weighted by Crippen LogP contribution is 1.87. The van der Waals surface area contributed by atoms with Gasteiger partial charge in [0.1, 0.15) is 12.4 Å². The van der Waals surface area contributed by atoms with Gasteiger partial charge in [-0.1, -0.05) is 0 Å². The van der Waals surface area contributed by atoms with E-state index in [1.165, 1.54) is 0 Å². The SMILES string of the molecule is O=C(O)COCCNC(=O)NCCc1ncc[nH]1. The van der Waals surface area contributed by atoms with E-state index < -0.39 is 5.97 Å². The quantitative estimate of drug-likeness (QED) is 0.461. The van der Waals surface area contributed by atoms with Gasteiger partial charge in [-0.25, -0.2) is 14.6 Å². The Morgan fingerprint density at radius 2 is 2.17 bits per heavy atom. The van der Waals surface area contributed by atoms with Crippen molar-refractivity contribution in [3.05, 3.63) is 18.2 Å². The monoisotopic (exact) mass is 256 g/mol. The lowest BCUT2D eigenvalue weighted by Crippen LogP contribution is -2.38. The van der Waals surface area contributed by atoms with Gasteiger partial charge in [-0.2, -0.15) is 0 Å². The Bertz CT molecular complexity index is 366. The van der Waals surface area contributed by atoms with Crippen LogP contribution in [0.3, 0.4) is 0 Å². The van der Waals surface area contributed by atoms with Crippen LogP contribution in [-0.4, -0.2) is 53.4 Å². The van der Waals surface area contributed by atoms with Gasteiger partial charge in [0, 0.05) is 31.9 Å². The number of nitrogens with zero attached hydrogens (tertiary/aromatic N) is 1. The van der Waals surface area contributed by atoms with Gasteiger partial charge in [0.05, 0.1) is 6.61 Å². The molecule has 4 N–H and O–H groups in total. The fourth-order valence-electron chi connectivity index (χ4n) is 1.19. The number of carbonyl (C=O) groups is 2. The van der Waals surface area contributed by atoms with Crippen molar-refractivity contribution in [1.82, 2.24) is 20.6 Å². The molecular formula is C10H16N4O4. The average molecular weight is 256 g/mol. The third-order valence-corrected chi connectivity index (χ3v) is 1.96. The van der Waals surface area contributed by atoms with Crippen molar-refractivity contribution in [2.45, 2.75) is 6.42 Å². The molecule has 8 nitrogen and oxygen atoms in total. The second-order valence-corrected chi connectivity index (χ2v) is 3.41. The maximum absolute atomic E-state index is 11.2. The molecule has 8 heteroatoms. The van der Waals surface area contributed by atoms with Crippen LogP contribution in [0.25, 0.3) is 0 Å². The third kappa shape index (κ3) is 6.48. The van der Waals surface area contributed by atoms with E-state index in [1.54, 1.807) is 12.4 Å². The van der Waals surface area contributed by atoms with E-state index >= 15 is 0 Å². The number of rotatable bonds is 8. The van der Waals surface area contributed by atoms with Crippen LogP contribution in [0.15, 0.2) is 12.4 Å². The van der Waals surface area contributed by atoms with Crippen LogP contribution in [0, 0.1) is 0 Å². The standard InChI is InChI=1S/C10H16N4O4/c15-9(16)7-18-6-5-14-10(17)13-2-1-8-11-3-4-12-8/h3-4H,1-2,5-7H2,(H,11,12)(H,15,16)(H2,13,14,17). The van der Waals surface area contributed by atoms with Crippen LogP contribution in [0.5, 0.6) is 0 Å². The molecule has 2 amide bonds. The number of hydrogen-bond acceptors (Lipinski definition) is 4. The van der Waals surface area contributed by atoms with Crippen molar-refractivity contribution in [1.29, 1.82) is 0 Å². The van der Waals surface area contributed by atoms with Crippen LogP contribution in [0.1, 0.15) is 5.82 Å². The second-order valence-electron chi connectivity index (χ2n) is 3.41. The van der Waals surface area contributed by atoms with E-state index in [0.717, 1.165) is 5.82 Å². The van der Waals surface area contributed by atoms with Crippen molar-refractivity contribution < 1.29 is 19.4 Å². The highest BCUT2D eigenvalue weighted by Gasteiger charge is 2.01. The molecule has 0 bridgehead atoms. The maximum Gasteiger partial charge on any atom is 0.329 e. The van der Waals surface area contributed by atoms with Gasteiger partial charge in [0.25, 0.3) is 0 Å².